The highest BCUT2D eigenvalue weighted by molar-refractivity contribution is 5.33. The number of nitrogens with one attached hydrogen (secondary N) is 1. The summed E-state index contributed by atoms with van der Waals surface area (Å²) in [6.45, 7) is 15.0. The van der Waals surface area contributed by atoms with Gasteiger partial charge in [-0.1, -0.05) is 18.2 Å². The first-order chi connectivity index (χ1) is 9.82. The number of hydrogen-bond acceptors (Lipinski definition) is 2. The fourth-order valence-electron chi connectivity index (χ4n) is 3.75. The lowest BCUT2D eigenvalue weighted by atomic mass is 9.86. The molecule has 1 atom stereocenters. The van der Waals surface area contributed by atoms with Crippen molar-refractivity contribution >= 4 is 0 Å². The van der Waals surface area contributed by atoms with Gasteiger partial charge in [-0.3, -0.25) is 4.90 Å². The molecule has 1 saturated heterocycles. The first kappa shape index (κ1) is 15.1. The van der Waals surface area contributed by atoms with Crippen LogP contribution < -0.4 is 5.32 Å². The van der Waals surface area contributed by atoms with Gasteiger partial charge in [-0.25, -0.2) is 0 Å². The molecule has 1 unspecified atom stereocenters. The van der Waals surface area contributed by atoms with E-state index in [4.69, 9.17) is 0 Å². The summed E-state index contributed by atoms with van der Waals surface area (Å²) in [6.07, 6.45) is 2.81. The molecule has 0 radical (unpaired) electrons. The summed E-state index contributed by atoms with van der Waals surface area (Å²) in [5.74, 6) is 0.883. The Morgan fingerprint density at radius 3 is 2.33 bits per heavy atom. The molecule has 0 amide bonds. The lowest BCUT2D eigenvalue weighted by Gasteiger charge is -2.51. The van der Waals surface area contributed by atoms with Gasteiger partial charge in [0.25, 0.3) is 0 Å². The van der Waals surface area contributed by atoms with Crippen LogP contribution in [-0.4, -0.2) is 29.1 Å². The molecule has 1 aromatic rings. The number of piperazine rings is 1. The Kier molecular flexibility index (Phi) is 3.66. The summed E-state index contributed by atoms with van der Waals surface area (Å²) >= 11 is 0. The van der Waals surface area contributed by atoms with Crippen molar-refractivity contribution in [1.82, 2.24) is 10.2 Å². The van der Waals surface area contributed by atoms with Crippen molar-refractivity contribution in [2.75, 3.05) is 13.1 Å². The average molecular weight is 286 g/mol. The van der Waals surface area contributed by atoms with E-state index in [1.165, 1.54) is 36.1 Å². The molecule has 1 aliphatic carbocycles. The van der Waals surface area contributed by atoms with Crippen molar-refractivity contribution in [3.63, 3.8) is 0 Å². The number of benzene rings is 1. The van der Waals surface area contributed by atoms with Crippen LogP contribution in [0.15, 0.2) is 18.2 Å². The van der Waals surface area contributed by atoms with E-state index in [0.717, 1.165) is 19.0 Å². The van der Waals surface area contributed by atoms with Gasteiger partial charge in [0, 0.05) is 30.7 Å². The van der Waals surface area contributed by atoms with Crippen LogP contribution in [0.1, 0.15) is 50.3 Å². The molecule has 2 aliphatic rings. The maximum Gasteiger partial charge on any atom is 0.0309 e. The van der Waals surface area contributed by atoms with Gasteiger partial charge in [-0.2, -0.15) is 0 Å². The van der Waals surface area contributed by atoms with Crippen LogP contribution in [0.4, 0.5) is 0 Å². The van der Waals surface area contributed by atoms with Crippen molar-refractivity contribution in [3.8, 4) is 0 Å². The van der Waals surface area contributed by atoms with Crippen molar-refractivity contribution in [1.29, 1.82) is 0 Å². The van der Waals surface area contributed by atoms with Crippen LogP contribution in [-0.2, 0) is 6.54 Å². The summed E-state index contributed by atoms with van der Waals surface area (Å²) < 4.78 is 0. The molecule has 2 heteroatoms. The fraction of sp³-hybridized carbons (Fsp3) is 0.684. The third-order valence-electron chi connectivity index (χ3n) is 5.77. The Balaban J connectivity index is 1.84. The van der Waals surface area contributed by atoms with Gasteiger partial charge in [0.1, 0.15) is 0 Å². The predicted octanol–water partition coefficient (Wildman–Crippen LogP) is 3.66. The summed E-state index contributed by atoms with van der Waals surface area (Å²) in [7, 11) is 0. The molecule has 1 heterocycles. The highest BCUT2D eigenvalue weighted by Crippen LogP contribution is 2.42. The minimum atomic E-state index is 0.225. The molecule has 1 aromatic carbocycles. The number of rotatable bonds is 3. The van der Waals surface area contributed by atoms with Crippen LogP contribution in [0.3, 0.4) is 0 Å². The van der Waals surface area contributed by atoms with E-state index in [-0.39, 0.29) is 5.54 Å². The van der Waals surface area contributed by atoms with E-state index >= 15 is 0 Å². The van der Waals surface area contributed by atoms with E-state index in [2.05, 4.69) is 63.0 Å². The van der Waals surface area contributed by atoms with Crippen LogP contribution in [0.25, 0.3) is 0 Å². The quantitative estimate of drug-likeness (QED) is 0.912. The smallest absolute Gasteiger partial charge is 0.0309 e. The summed E-state index contributed by atoms with van der Waals surface area (Å²) in [5, 5.41) is 3.85. The predicted molar refractivity (Wildman–Crippen MR) is 89.5 cm³/mol. The van der Waals surface area contributed by atoms with E-state index < -0.39 is 0 Å². The molecule has 0 spiro atoms. The number of aryl methyl sites for hydroxylation is 2. The van der Waals surface area contributed by atoms with Crippen LogP contribution >= 0.6 is 0 Å². The Labute approximate surface area is 129 Å². The van der Waals surface area contributed by atoms with E-state index in [0.29, 0.717) is 5.54 Å². The highest BCUT2D eigenvalue weighted by Gasteiger charge is 2.48. The molecule has 2 fully saturated rings. The second kappa shape index (κ2) is 5.10. The fourth-order valence-corrected chi connectivity index (χ4v) is 3.75. The normalized spacial score (nSPS) is 29.6. The number of nitrogens with zero attached hydrogens (tertiary/aromatic N) is 1. The average Bonchev–Trinajstić information content (AvgIpc) is 3.23. The minimum Gasteiger partial charge on any atom is -0.308 e. The zero-order chi connectivity index (χ0) is 15.3. The third kappa shape index (κ3) is 2.89. The van der Waals surface area contributed by atoms with E-state index in [9.17, 15) is 0 Å². The van der Waals surface area contributed by atoms with Gasteiger partial charge in [0.2, 0.25) is 0 Å². The van der Waals surface area contributed by atoms with Crippen molar-refractivity contribution in [2.24, 2.45) is 5.92 Å². The largest absolute Gasteiger partial charge is 0.308 e. The first-order valence-electron chi connectivity index (χ1n) is 8.37. The monoisotopic (exact) mass is 286 g/mol. The van der Waals surface area contributed by atoms with E-state index in [1.54, 1.807) is 0 Å². The Hall–Kier alpha value is -0.860. The molecule has 1 saturated carbocycles. The summed E-state index contributed by atoms with van der Waals surface area (Å²) in [6, 6.07) is 6.67. The van der Waals surface area contributed by atoms with Gasteiger partial charge in [-0.15, -0.1) is 0 Å². The molecule has 1 aliphatic heterocycles. The number of hydrogen-bond donors (Lipinski definition) is 1. The lowest BCUT2D eigenvalue weighted by molar-refractivity contribution is 0.0176. The Morgan fingerprint density at radius 1 is 1.14 bits per heavy atom. The molecule has 0 aromatic heterocycles. The SMILES string of the molecule is Cc1cccc(C)c1CN1CC(C)(C2CC2)NCC1(C)C. The molecule has 2 nitrogen and oxygen atoms in total. The zero-order valence-electron chi connectivity index (χ0n) is 14.3. The summed E-state index contributed by atoms with van der Waals surface area (Å²) in [5.41, 5.74) is 4.91. The molecule has 0 bridgehead atoms. The molecule has 21 heavy (non-hydrogen) atoms. The van der Waals surface area contributed by atoms with Gasteiger partial charge in [0.15, 0.2) is 0 Å². The molecule has 116 valence electrons. The zero-order valence-corrected chi connectivity index (χ0v) is 14.3. The topological polar surface area (TPSA) is 15.3 Å². The highest BCUT2D eigenvalue weighted by atomic mass is 15.3. The molecular weight excluding hydrogens is 256 g/mol. The maximum absolute atomic E-state index is 3.85. The van der Waals surface area contributed by atoms with Crippen LogP contribution in [0, 0.1) is 19.8 Å². The second-order valence-corrected chi connectivity index (χ2v) is 8.08. The molecule has 3 rings (SSSR count). The van der Waals surface area contributed by atoms with Gasteiger partial charge in [0.05, 0.1) is 0 Å². The Bertz CT molecular complexity index is 510. The summed E-state index contributed by atoms with van der Waals surface area (Å²) in [4.78, 5) is 2.71. The minimum absolute atomic E-state index is 0.225. The Morgan fingerprint density at radius 2 is 1.76 bits per heavy atom. The third-order valence-corrected chi connectivity index (χ3v) is 5.77. The first-order valence-corrected chi connectivity index (χ1v) is 8.37. The van der Waals surface area contributed by atoms with Gasteiger partial charge < -0.3 is 5.32 Å². The van der Waals surface area contributed by atoms with Gasteiger partial charge in [-0.05, 0) is 70.1 Å². The van der Waals surface area contributed by atoms with E-state index in [1.807, 2.05) is 0 Å². The lowest BCUT2D eigenvalue weighted by Crippen LogP contribution is -2.67. The van der Waals surface area contributed by atoms with Crippen LogP contribution in [0.2, 0.25) is 0 Å². The maximum atomic E-state index is 3.85. The van der Waals surface area contributed by atoms with Crippen molar-refractivity contribution < 1.29 is 0 Å². The van der Waals surface area contributed by atoms with Crippen molar-refractivity contribution in [2.45, 2.75) is 65.1 Å². The van der Waals surface area contributed by atoms with Crippen LogP contribution in [0.5, 0.6) is 0 Å². The van der Waals surface area contributed by atoms with Crippen molar-refractivity contribution in [3.05, 3.63) is 34.9 Å². The standard InChI is InChI=1S/C19H30N2/c1-14-7-6-8-15(2)17(14)11-21-13-19(5,16-9-10-16)20-12-18(21,3)4/h6-8,16,20H,9-13H2,1-5H3. The molecule has 1 N–H and O–H groups in total. The van der Waals surface area contributed by atoms with Gasteiger partial charge >= 0.3 is 0 Å². The molecular formula is C19H30N2. The second-order valence-electron chi connectivity index (χ2n) is 8.08.